The molecule has 0 aromatic heterocycles. The third-order valence-electron chi connectivity index (χ3n) is 4.19. The molecule has 3 nitrogen and oxygen atoms in total. The van der Waals surface area contributed by atoms with Gasteiger partial charge >= 0.3 is 0 Å². The monoisotopic (exact) mass is 262 g/mol. The number of likely N-dealkylation sites (tertiary alicyclic amines) is 1. The van der Waals surface area contributed by atoms with Crippen LogP contribution in [0, 0.1) is 13.8 Å². The highest BCUT2D eigenvalue weighted by atomic mass is 16.5. The molecule has 106 valence electrons. The molecule has 1 fully saturated rings. The molecule has 0 amide bonds. The molecule has 1 heterocycles. The molecule has 1 aliphatic heterocycles. The summed E-state index contributed by atoms with van der Waals surface area (Å²) in [5.41, 5.74) is 9.05. The molecule has 1 aliphatic rings. The number of hydrogen-bond donors (Lipinski definition) is 1. The summed E-state index contributed by atoms with van der Waals surface area (Å²) in [7, 11) is 2.22. The Kier molecular flexibility index (Phi) is 4.70. The number of benzene rings is 1. The Bertz CT molecular complexity index is 431. The van der Waals surface area contributed by atoms with Crippen LogP contribution in [0.5, 0.6) is 5.75 Å². The Morgan fingerprint density at radius 1 is 1.26 bits per heavy atom. The second-order valence-electron chi connectivity index (χ2n) is 5.74. The van der Waals surface area contributed by atoms with Gasteiger partial charge in [-0.25, -0.2) is 0 Å². The van der Waals surface area contributed by atoms with Crippen LogP contribution < -0.4 is 10.5 Å². The molecule has 19 heavy (non-hydrogen) atoms. The molecule has 1 atom stereocenters. The van der Waals surface area contributed by atoms with Crippen LogP contribution >= 0.6 is 0 Å². The fourth-order valence-electron chi connectivity index (χ4n) is 2.82. The van der Waals surface area contributed by atoms with Crippen molar-refractivity contribution in [1.82, 2.24) is 4.90 Å². The number of rotatable bonds is 4. The van der Waals surface area contributed by atoms with E-state index in [1.807, 2.05) is 13.0 Å². The number of nitrogens with zero attached hydrogens (tertiary/aromatic N) is 1. The lowest BCUT2D eigenvalue weighted by atomic mass is 10.0. The summed E-state index contributed by atoms with van der Waals surface area (Å²) in [6, 6.07) is 4.73. The lowest BCUT2D eigenvalue weighted by molar-refractivity contribution is 0.153. The van der Waals surface area contributed by atoms with Crippen molar-refractivity contribution in [3.05, 3.63) is 23.3 Å². The van der Waals surface area contributed by atoms with Crippen molar-refractivity contribution in [2.75, 3.05) is 25.9 Å². The molecule has 1 unspecified atom stereocenters. The molecule has 0 saturated carbocycles. The molecular formula is C16H26N2O. The molecule has 0 radical (unpaired) electrons. The number of aryl methyl sites for hydroxylation is 2. The van der Waals surface area contributed by atoms with Crippen molar-refractivity contribution >= 4 is 5.69 Å². The highest BCUT2D eigenvalue weighted by Gasteiger charge is 2.18. The first-order valence-corrected chi connectivity index (χ1v) is 7.27. The fourth-order valence-corrected chi connectivity index (χ4v) is 2.82. The molecule has 1 saturated heterocycles. The standard InChI is InChI=1S/C16H26N2O/c1-12-10-13(2)16(11-15(12)17)19-9-7-14-6-4-5-8-18(14)3/h10-11,14H,4-9,17H2,1-3H3. The van der Waals surface area contributed by atoms with E-state index in [2.05, 4.69) is 24.9 Å². The lowest BCUT2D eigenvalue weighted by Gasteiger charge is -2.32. The van der Waals surface area contributed by atoms with Crippen molar-refractivity contribution < 1.29 is 4.74 Å². The van der Waals surface area contributed by atoms with Crippen LogP contribution in [0.15, 0.2) is 12.1 Å². The second-order valence-corrected chi connectivity index (χ2v) is 5.74. The zero-order valence-electron chi connectivity index (χ0n) is 12.4. The second kappa shape index (κ2) is 6.29. The van der Waals surface area contributed by atoms with Crippen LogP contribution in [0.2, 0.25) is 0 Å². The smallest absolute Gasteiger partial charge is 0.124 e. The molecule has 1 aromatic carbocycles. The predicted octanol–water partition coefficient (Wildman–Crippen LogP) is 3.14. The van der Waals surface area contributed by atoms with E-state index in [0.29, 0.717) is 6.04 Å². The number of hydrogen-bond acceptors (Lipinski definition) is 3. The predicted molar refractivity (Wildman–Crippen MR) is 80.7 cm³/mol. The molecule has 2 N–H and O–H groups in total. The number of piperidine rings is 1. The molecule has 0 bridgehead atoms. The summed E-state index contributed by atoms with van der Waals surface area (Å²) in [6.07, 6.45) is 5.09. The first-order chi connectivity index (χ1) is 9.08. The van der Waals surface area contributed by atoms with E-state index in [1.54, 1.807) is 0 Å². The summed E-state index contributed by atoms with van der Waals surface area (Å²) >= 11 is 0. The normalized spacial score (nSPS) is 20.5. The Hall–Kier alpha value is -1.22. The first kappa shape index (κ1) is 14.2. The zero-order chi connectivity index (χ0) is 13.8. The molecule has 2 rings (SSSR count). The number of nitrogen functional groups attached to an aromatic ring is 1. The summed E-state index contributed by atoms with van der Waals surface area (Å²) in [5, 5.41) is 0. The van der Waals surface area contributed by atoms with Crippen LogP contribution in [-0.4, -0.2) is 31.1 Å². The van der Waals surface area contributed by atoms with Crippen LogP contribution in [-0.2, 0) is 0 Å². The van der Waals surface area contributed by atoms with E-state index in [9.17, 15) is 0 Å². The van der Waals surface area contributed by atoms with Gasteiger partial charge in [-0.1, -0.05) is 12.5 Å². The summed E-state index contributed by atoms with van der Waals surface area (Å²) in [6.45, 7) is 6.11. The maximum Gasteiger partial charge on any atom is 0.124 e. The lowest BCUT2D eigenvalue weighted by Crippen LogP contribution is -2.37. The van der Waals surface area contributed by atoms with Gasteiger partial charge in [0.1, 0.15) is 5.75 Å². The number of anilines is 1. The zero-order valence-corrected chi connectivity index (χ0v) is 12.4. The highest BCUT2D eigenvalue weighted by Crippen LogP contribution is 2.25. The fraction of sp³-hybridized carbons (Fsp3) is 0.625. The van der Waals surface area contributed by atoms with Gasteiger partial charge in [0.25, 0.3) is 0 Å². The Morgan fingerprint density at radius 3 is 2.79 bits per heavy atom. The molecule has 0 aliphatic carbocycles. The van der Waals surface area contributed by atoms with E-state index in [-0.39, 0.29) is 0 Å². The van der Waals surface area contributed by atoms with E-state index in [4.69, 9.17) is 10.5 Å². The van der Waals surface area contributed by atoms with Gasteiger partial charge in [0.05, 0.1) is 6.61 Å². The van der Waals surface area contributed by atoms with E-state index >= 15 is 0 Å². The highest BCUT2D eigenvalue weighted by molar-refractivity contribution is 5.54. The van der Waals surface area contributed by atoms with Gasteiger partial charge < -0.3 is 15.4 Å². The molecule has 1 aromatic rings. The van der Waals surface area contributed by atoms with Crippen molar-refractivity contribution in [1.29, 1.82) is 0 Å². The van der Waals surface area contributed by atoms with Crippen LogP contribution in [0.4, 0.5) is 5.69 Å². The Morgan fingerprint density at radius 2 is 2.05 bits per heavy atom. The van der Waals surface area contributed by atoms with E-state index in [1.165, 1.54) is 31.4 Å². The van der Waals surface area contributed by atoms with Gasteiger partial charge in [0, 0.05) is 17.8 Å². The van der Waals surface area contributed by atoms with Crippen LogP contribution in [0.25, 0.3) is 0 Å². The molecular weight excluding hydrogens is 236 g/mol. The van der Waals surface area contributed by atoms with E-state index < -0.39 is 0 Å². The summed E-state index contributed by atoms with van der Waals surface area (Å²) in [4.78, 5) is 2.46. The molecule has 0 spiro atoms. The Balaban J connectivity index is 1.87. The van der Waals surface area contributed by atoms with Gasteiger partial charge in [-0.2, -0.15) is 0 Å². The quantitative estimate of drug-likeness (QED) is 0.847. The average Bonchev–Trinajstić information content (AvgIpc) is 2.38. The third-order valence-corrected chi connectivity index (χ3v) is 4.19. The number of ether oxygens (including phenoxy) is 1. The first-order valence-electron chi connectivity index (χ1n) is 7.27. The van der Waals surface area contributed by atoms with Crippen molar-refractivity contribution in [3.63, 3.8) is 0 Å². The number of nitrogens with two attached hydrogens (primary N) is 1. The van der Waals surface area contributed by atoms with Gasteiger partial charge in [-0.05, 0) is 57.8 Å². The van der Waals surface area contributed by atoms with Crippen molar-refractivity contribution in [2.24, 2.45) is 0 Å². The minimum atomic E-state index is 0.678. The van der Waals surface area contributed by atoms with Gasteiger partial charge in [0.2, 0.25) is 0 Å². The topological polar surface area (TPSA) is 38.5 Å². The third kappa shape index (κ3) is 3.63. The van der Waals surface area contributed by atoms with Crippen LogP contribution in [0.3, 0.4) is 0 Å². The van der Waals surface area contributed by atoms with Gasteiger partial charge in [0.15, 0.2) is 0 Å². The van der Waals surface area contributed by atoms with Gasteiger partial charge in [-0.3, -0.25) is 0 Å². The van der Waals surface area contributed by atoms with Crippen LogP contribution in [0.1, 0.15) is 36.8 Å². The minimum absolute atomic E-state index is 0.678. The van der Waals surface area contributed by atoms with Gasteiger partial charge in [-0.15, -0.1) is 0 Å². The Labute approximate surface area is 116 Å². The molecule has 3 heteroatoms. The van der Waals surface area contributed by atoms with E-state index in [0.717, 1.165) is 30.0 Å². The maximum absolute atomic E-state index is 5.94. The minimum Gasteiger partial charge on any atom is -0.493 e. The summed E-state index contributed by atoms with van der Waals surface area (Å²) in [5.74, 6) is 0.932. The van der Waals surface area contributed by atoms with Crippen molar-refractivity contribution in [2.45, 2.75) is 45.6 Å². The SMILES string of the molecule is Cc1cc(C)c(OCCC2CCCCN2C)cc1N. The largest absolute Gasteiger partial charge is 0.493 e. The summed E-state index contributed by atoms with van der Waals surface area (Å²) < 4.78 is 5.92. The maximum atomic E-state index is 5.94. The van der Waals surface area contributed by atoms with Crippen molar-refractivity contribution in [3.8, 4) is 5.75 Å². The average molecular weight is 262 g/mol.